The minimum atomic E-state index is -1.24. The van der Waals surface area contributed by atoms with E-state index in [1.54, 1.807) is 20.8 Å². The average Bonchev–Trinajstić information content (AvgIpc) is 2.36. The molecular weight excluding hydrogens is 296 g/mol. The van der Waals surface area contributed by atoms with Gasteiger partial charge >= 0.3 is 17.5 Å². The topological polar surface area (TPSA) is 122 Å². The van der Waals surface area contributed by atoms with E-state index in [1.807, 2.05) is 0 Å². The van der Waals surface area contributed by atoms with Crippen LogP contribution < -0.4 is 4.74 Å². The number of nitro groups is 2. The summed E-state index contributed by atoms with van der Waals surface area (Å²) in [5.74, 6) is -0.735. The van der Waals surface area contributed by atoms with Gasteiger partial charge in [-0.15, -0.1) is 0 Å². The molecule has 0 spiro atoms. The molecule has 0 N–H and O–H groups in total. The predicted octanol–water partition coefficient (Wildman–Crippen LogP) is 3.34. The molecule has 0 saturated heterocycles. The van der Waals surface area contributed by atoms with Gasteiger partial charge in [-0.25, -0.2) is 4.79 Å². The van der Waals surface area contributed by atoms with Crippen LogP contribution in [-0.2, 0) is 10.2 Å². The Bertz CT molecular complexity index is 584. The van der Waals surface area contributed by atoms with E-state index in [0.717, 1.165) is 12.1 Å². The Kier molecular flexibility index (Phi) is 5.02. The number of benzene rings is 1. The number of hydrogen-bond acceptors (Lipinski definition) is 7. The third-order valence-corrected chi connectivity index (χ3v) is 2.76. The van der Waals surface area contributed by atoms with Crippen molar-refractivity contribution in [2.75, 3.05) is 6.61 Å². The van der Waals surface area contributed by atoms with Crippen LogP contribution in [0.3, 0.4) is 0 Å². The molecule has 0 fully saturated rings. The molecule has 9 nitrogen and oxygen atoms in total. The molecule has 0 aliphatic carbocycles. The maximum absolute atomic E-state index is 11.4. The number of carbonyl (C=O) groups excluding carboxylic acids is 1. The second kappa shape index (κ2) is 6.37. The molecule has 22 heavy (non-hydrogen) atoms. The monoisotopic (exact) mass is 312 g/mol. The molecule has 0 aromatic heterocycles. The fraction of sp³-hybridized carbons (Fsp3) is 0.462. The van der Waals surface area contributed by atoms with Crippen LogP contribution >= 0.6 is 0 Å². The quantitative estimate of drug-likeness (QED) is 0.361. The molecule has 1 aromatic rings. The summed E-state index contributed by atoms with van der Waals surface area (Å²) in [6, 6.07) is 2.31. The standard InChI is InChI=1S/C13H16N2O7/c1-5-21-12(16)22-11-9(14(17)18)6-8(13(2,3)4)7-10(11)15(19)20/h6-7H,5H2,1-4H3. The number of nitro benzene ring substituents is 2. The minimum absolute atomic E-state index is 0.0273. The summed E-state index contributed by atoms with van der Waals surface area (Å²) in [6.07, 6.45) is -1.24. The van der Waals surface area contributed by atoms with Crippen molar-refractivity contribution in [3.05, 3.63) is 37.9 Å². The van der Waals surface area contributed by atoms with E-state index in [2.05, 4.69) is 9.47 Å². The Labute approximate surface area is 126 Å². The lowest BCUT2D eigenvalue weighted by atomic mass is 9.86. The normalized spacial score (nSPS) is 10.9. The Morgan fingerprint density at radius 1 is 1.14 bits per heavy atom. The van der Waals surface area contributed by atoms with Gasteiger partial charge in [-0.1, -0.05) is 20.8 Å². The first kappa shape index (κ1) is 17.3. The van der Waals surface area contributed by atoms with Crippen LogP contribution in [0.15, 0.2) is 12.1 Å². The van der Waals surface area contributed by atoms with E-state index in [9.17, 15) is 25.0 Å². The van der Waals surface area contributed by atoms with Crippen molar-refractivity contribution < 1.29 is 24.1 Å². The Hall–Kier alpha value is -2.71. The van der Waals surface area contributed by atoms with Gasteiger partial charge < -0.3 is 9.47 Å². The van der Waals surface area contributed by atoms with Crippen LogP contribution in [0.4, 0.5) is 16.2 Å². The van der Waals surface area contributed by atoms with E-state index in [1.165, 1.54) is 6.92 Å². The molecule has 0 heterocycles. The first-order chi connectivity index (χ1) is 10.1. The number of hydrogen-bond donors (Lipinski definition) is 0. The van der Waals surface area contributed by atoms with Crippen molar-refractivity contribution in [1.82, 2.24) is 0 Å². The summed E-state index contributed by atoms with van der Waals surface area (Å²) in [4.78, 5) is 32.0. The minimum Gasteiger partial charge on any atom is -0.434 e. The summed E-state index contributed by atoms with van der Waals surface area (Å²) < 4.78 is 9.17. The van der Waals surface area contributed by atoms with Gasteiger partial charge in [-0.05, 0) is 17.9 Å². The number of carbonyl (C=O) groups is 1. The maximum atomic E-state index is 11.4. The largest absolute Gasteiger partial charge is 0.514 e. The lowest BCUT2D eigenvalue weighted by Crippen LogP contribution is -2.15. The molecule has 0 amide bonds. The molecular formula is C13H16N2O7. The summed E-state index contributed by atoms with van der Waals surface area (Å²) in [5.41, 5.74) is -1.50. The molecule has 9 heteroatoms. The fourth-order valence-corrected chi connectivity index (χ4v) is 1.64. The highest BCUT2D eigenvalue weighted by atomic mass is 16.7. The van der Waals surface area contributed by atoms with Crippen LogP contribution in [0, 0.1) is 20.2 Å². The van der Waals surface area contributed by atoms with Crippen LogP contribution in [-0.4, -0.2) is 22.6 Å². The zero-order valence-corrected chi connectivity index (χ0v) is 12.6. The molecule has 0 bridgehead atoms. The van der Waals surface area contributed by atoms with Crippen LogP contribution in [0.5, 0.6) is 5.75 Å². The molecule has 0 aliphatic rings. The second-order valence-electron chi connectivity index (χ2n) is 5.39. The van der Waals surface area contributed by atoms with Crippen LogP contribution in [0.1, 0.15) is 33.3 Å². The summed E-state index contributed by atoms with van der Waals surface area (Å²) in [6.45, 7) is 6.73. The van der Waals surface area contributed by atoms with Gasteiger partial charge in [0.05, 0.1) is 16.5 Å². The van der Waals surface area contributed by atoms with E-state index < -0.39 is 38.5 Å². The molecule has 0 radical (unpaired) electrons. The highest BCUT2D eigenvalue weighted by molar-refractivity contribution is 5.72. The first-order valence-corrected chi connectivity index (χ1v) is 6.39. The molecule has 0 unspecified atom stereocenters. The second-order valence-corrected chi connectivity index (χ2v) is 5.39. The van der Waals surface area contributed by atoms with E-state index in [0.29, 0.717) is 5.56 Å². The van der Waals surface area contributed by atoms with Gasteiger partial charge in [0.2, 0.25) is 0 Å². The van der Waals surface area contributed by atoms with E-state index in [-0.39, 0.29) is 6.61 Å². The maximum Gasteiger partial charge on any atom is 0.514 e. The zero-order chi connectivity index (χ0) is 17.1. The van der Waals surface area contributed by atoms with Gasteiger partial charge in [0.25, 0.3) is 5.75 Å². The Morgan fingerprint density at radius 3 is 1.91 bits per heavy atom. The van der Waals surface area contributed by atoms with Crippen molar-refractivity contribution in [3.63, 3.8) is 0 Å². The van der Waals surface area contributed by atoms with Gasteiger partial charge in [-0.2, -0.15) is 0 Å². The molecule has 0 saturated carbocycles. The predicted molar refractivity (Wildman–Crippen MR) is 76.1 cm³/mol. The van der Waals surface area contributed by atoms with Gasteiger partial charge in [0.15, 0.2) is 0 Å². The van der Waals surface area contributed by atoms with Crippen LogP contribution in [0.2, 0.25) is 0 Å². The number of nitrogens with zero attached hydrogens (tertiary/aromatic N) is 2. The van der Waals surface area contributed by atoms with Crippen LogP contribution in [0.25, 0.3) is 0 Å². The zero-order valence-electron chi connectivity index (χ0n) is 12.6. The van der Waals surface area contributed by atoms with Crippen molar-refractivity contribution in [2.45, 2.75) is 33.1 Å². The molecule has 0 aliphatic heterocycles. The first-order valence-electron chi connectivity index (χ1n) is 6.39. The van der Waals surface area contributed by atoms with E-state index >= 15 is 0 Å². The molecule has 1 rings (SSSR count). The lowest BCUT2D eigenvalue weighted by Gasteiger charge is -2.19. The Balaban J connectivity index is 3.54. The average molecular weight is 312 g/mol. The molecule has 0 atom stereocenters. The van der Waals surface area contributed by atoms with E-state index in [4.69, 9.17) is 0 Å². The third-order valence-electron chi connectivity index (χ3n) is 2.76. The van der Waals surface area contributed by atoms with Crippen molar-refractivity contribution >= 4 is 17.5 Å². The number of rotatable bonds is 4. The summed E-state index contributed by atoms with van der Waals surface area (Å²) >= 11 is 0. The lowest BCUT2D eigenvalue weighted by molar-refractivity contribution is -0.395. The molecule has 120 valence electrons. The number of ether oxygens (including phenoxy) is 2. The van der Waals surface area contributed by atoms with Crippen molar-refractivity contribution in [3.8, 4) is 5.75 Å². The smallest absolute Gasteiger partial charge is 0.434 e. The third kappa shape index (κ3) is 3.90. The highest BCUT2D eigenvalue weighted by Crippen LogP contribution is 2.41. The Morgan fingerprint density at radius 2 is 1.59 bits per heavy atom. The summed E-state index contributed by atoms with van der Waals surface area (Å²) in [5, 5.41) is 22.3. The van der Waals surface area contributed by atoms with Crippen molar-refractivity contribution in [1.29, 1.82) is 0 Å². The molecule has 1 aromatic carbocycles. The fourth-order valence-electron chi connectivity index (χ4n) is 1.64. The van der Waals surface area contributed by atoms with Gasteiger partial charge in [0.1, 0.15) is 0 Å². The van der Waals surface area contributed by atoms with Crippen molar-refractivity contribution in [2.24, 2.45) is 0 Å². The SMILES string of the molecule is CCOC(=O)Oc1c([N+](=O)[O-])cc(C(C)(C)C)cc1[N+](=O)[O-]. The highest BCUT2D eigenvalue weighted by Gasteiger charge is 2.33. The van der Waals surface area contributed by atoms with Gasteiger partial charge in [0, 0.05) is 12.1 Å². The van der Waals surface area contributed by atoms with Gasteiger partial charge in [-0.3, -0.25) is 20.2 Å². The summed E-state index contributed by atoms with van der Waals surface area (Å²) in [7, 11) is 0.